The SMILES string of the molecule is CCc1[nH]nc2nc(-c3ccc(O)cc3F)cc(CN3C[C@@H](C(C)C)NCC3(C)C)c12. The number of halogens is 1. The van der Waals surface area contributed by atoms with Crippen LogP contribution in [0.3, 0.4) is 0 Å². The second kappa shape index (κ2) is 8.20. The topological polar surface area (TPSA) is 77.1 Å². The Bertz CT molecular complexity index is 1090. The van der Waals surface area contributed by atoms with Crippen LogP contribution in [-0.4, -0.2) is 49.9 Å². The quantitative estimate of drug-likeness (QED) is 0.570. The molecule has 1 saturated heterocycles. The Hall–Kier alpha value is -2.51. The van der Waals surface area contributed by atoms with Crippen LogP contribution in [-0.2, 0) is 13.0 Å². The zero-order valence-corrected chi connectivity index (χ0v) is 19.0. The molecule has 1 aliphatic heterocycles. The second-order valence-corrected chi connectivity index (χ2v) is 9.51. The summed E-state index contributed by atoms with van der Waals surface area (Å²) in [6, 6.07) is 6.58. The molecule has 3 heterocycles. The molecule has 166 valence electrons. The Kier molecular flexibility index (Phi) is 5.75. The summed E-state index contributed by atoms with van der Waals surface area (Å²) in [6.45, 7) is 13.7. The van der Waals surface area contributed by atoms with Gasteiger partial charge in [-0.3, -0.25) is 10.00 Å². The number of pyridine rings is 1. The van der Waals surface area contributed by atoms with Gasteiger partial charge in [0.2, 0.25) is 0 Å². The molecule has 1 aromatic carbocycles. The third-order valence-corrected chi connectivity index (χ3v) is 6.50. The Morgan fingerprint density at radius 1 is 1.29 bits per heavy atom. The average molecular weight is 426 g/mol. The Morgan fingerprint density at radius 3 is 2.74 bits per heavy atom. The fourth-order valence-corrected chi connectivity index (χ4v) is 4.37. The van der Waals surface area contributed by atoms with Crippen molar-refractivity contribution >= 4 is 11.0 Å². The van der Waals surface area contributed by atoms with Gasteiger partial charge in [0.15, 0.2) is 5.65 Å². The van der Waals surface area contributed by atoms with Crippen molar-refractivity contribution in [1.82, 2.24) is 25.4 Å². The summed E-state index contributed by atoms with van der Waals surface area (Å²) in [6.07, 6.45) is 0.817. The van der Waals surface area contributed by atoms with Crippen LogP contribution in [0.5, 0.6) is 5.75 Å². The maximum Gasteiger partial charge on any atom is 0.182 e. The fourth-order valence-electron chi connectivity index (χ4n) is 4.37. The van der Waals surface area contributed by atoms with Gasteiger partial charge in [0, 0.05) is 53.9 Å². The third kappa shape index (κ3) is 4.16. The molecule has 3 aromatic rings. The highest BCUT2D eigenvalue weighted by Gasteiger charge is 2.35. The van der Waals surface area contributed by atoms with Crippen LogP contribution in [0.2, 0.25) is 0 Å². The number of hydrogen-bond acceptors (Lipinski definition) is 5. The lowest BCUT2D eigenvalue weighted by atomic mass is 9.92. The smallest absolute Gasteiger partial charge is 0.182 e. The summed E-state index contributed by atoms with van der Waals surface area (Å²) in [4.78, 5) is 7.15. The van der Waals surface area contributed by atoms with E-state index in [-0.39, 0.29) is 11.3 Å². The van der Waals surface area contributed by atoms with Crippen molar-refractivity contribution in [2.24, 2.45) is 5.92 Å². The molecule has 4 rings (SSSR count). The van der Waals surface area contributed by atoms with Gasteiger partial charge in [-0.15, -0.1) is 0 Å². The summed E-state index contributed by atoms with van der Waals surface area (Å²) in [7, 11) is 0. The van der Waals surface area contributed by atoms with Crippen molar-refractivity contribution in [3.63, 3.8) is 0 Å². The van der Waals surface area contributed by atoms with Gasteiger partial charge < -0.3 is 10.4 Å². The summed E-state index contributed by atoms with van der Waals surface area (Å²) < 4.78 is 14.6. The van der Waals surface area contributed by atoms with Crippen LogP contribution >= 0.6 is 0 Å². The molecule has 6 nitrogen and oxygen atoms in total. The fraction of sp³-hybridized carbons (Fsp3) is 0.500. The van der Waals surface area contributed by atoms with Gasteiger partial charge >= 0.3 is 0 Å². The number of fused-ring (bicyclic) bond motifs is 1. The number of aromatic amines is 1. The summed E-state index contributed by atoms with van der Waals surface area (Å²) in [5.41, 5.74) is 3.62. The van der Waals surface area contributed by atoms with Crippen LogP contribution in [0.15, 0.2) is 24.3 Å². The van der Waals surface area contributed by atoms with Gasteiger partial charge in [-0.05, 0) is 49.9 Å². The standard InChI is InChI=1S/C24H32FN5O/c1-6-19-22-15(11-30-12-21(14(2)3)26-13-24(30,4)5)9-20(27-23(22)29-28-19)17-8-7-16(31)10-18(17)25/h7-10,14,21,26,31H,6,11-13H2,1-5H3,(H,27,28,29)/t21-/m0/s1. The molecular weight excluding hydrogens is 393 g/mol. The highest BCUT2D eigenvalue weighted by Crippen LogP contribution is 2.32. The first-order valence-corrected chi connectivity index (χ1v) is 11.0. The van der Waals surface area contributed by atoms with E-state index < -0.39 is 5.82 Å². The van der Waals surface area contributed by atoms with E-state index in [2.05, 4.69) is 60.0 Å². The molecule has 0 radical (unpaired) electrons. The van der Waals surface area contributed by atoms with E-state index in [0.29, 0.717) is 28.9 Å². The number of aromatic hydroxyl groups is 1. The number of H-pyrrole nitrogens is 1. The number of aromatic nitrogens is 3. The van der Waals surface area contributed by atoms with Crippen LogP contribution in [0, 0.1) is 11.7 Å². The lowest BCUT2D eigenvalue weighted by molar-refractivity contribution is 0.0478. The first-order valence-electron chi connectivity index (χ1n) is 11.0. The minimum absolute atomic E-state index is 0.0129. The van der Waals surface area contributed by atoms with Crippen molar-refractivity contribution in [3.05, 3.63) is 41.3 Å². The van der Waals surface area contributed by atoms with Crippen molar-refractivity contribution in [2.45, 2.75) is 59.2 Å². The number of phenolic OH excluding ortho intramolecular Hbond substituents is 1. The maximum absolute atomic E-state index is 14.6. The van der Waals surface area contributed by atoms with Crippen molar-refractivity contribution < 1.29 is 9.50 Å². The van der Waals surface area contributed by atoms with E-state index in [4.69, 9.17) is 0 Å². The van der Waals surface area contributed by atoms with Gasteiger partial charge in [0.25, 0.3) is 0 Å². The number of piperazine rings is 1. The van der Waals surface area contributed by atoms with Gasteiger partial charge in [-0.2, -0.15) is 5.10 Å². The van der Waals surface area contributed by atoms with Gasteiger partial charge in [-0.1, -0.05) is 20.8 Å². The zero-order valence-electron chi connectivity index (χ0n) is 19.0. The number of nitrogens with zero attached hydrogens (tertiary/aromatic N) is 3. The van der Waals surface area contributed by atoms with E-state index in [1.165, 1.54) is 6.07 Å². The minimum atomic E-state index is -0.494. The van der Waals surface area contributed by atoms with Crippen LogP contribution in [0.1, 0.15) is 45.9 Å². The highest BCUT2D eigenvalue weighted by molar-refractivity contribution is 5.85. The molecule has 0 bridgehead atoms. The normalized spacial score (nSPS) is 19.4. The first-order chi connectivity index (χ1) is 14.7. The third-order valence-electron chi connectivity index (χ3n) is 6.50. The van der Waals surface area contributed by atoms with E-state index in [0.717, 1.165) is 48.8 Å². The molecule has 0 unspecified atom stereocenters. The molecule has 0 saturated carbocycles. The maximum atomic E-state index is 14.6. The number of rotatable bonds is 5. The van der Waals surface area contributed by atoms with Gasteiger partial charge in [-0.25, -0.2) is 9.37 Å². The Morgan fingerprint density at radius 2 is 2.06 bits per heavy atom. The molecule has 2 aromatic heterocycles. The molecule has 0 amide bonds. The second-order valence-electron chi connectivity index (χ2n) is 9.51. The van der Waals surface area contributed by atoms with E-state index >= 15 is 0 Å². The largest absolute Gasteiger partial charge is 0.508 e. The average Bonchev–Trinajstić information content (AvgIpc) is 3.12. The number of hydrogen-bond donors (Lipinski definition) is 3. The summed E-state index contributed by atoms with van der Waals surface area (Å²) in [5.74, 6) is -0.0536. The molecule has 1 atom stereocenters. The van der Waals surface area contributed by atoms with Gasteiger partial charge in [0.05, 0.1) is 5.69 Å². The molecular formula is C24H32FN5O. The van der Waals surface area contributed by atoms with Crippen LogP contribution in [0.25, 0.3) is 22.3 Å². The number of phenols is 1. The van der Waals surface area contributed by atoms with Crippen molar-refractivity contribution in [1.29, 1.82) is 0 Å². The van der Waals surface area contributed by atoms with Gasteiger partial charge in [0.1, 0.15) is 11.6 Å². The molecule has 31 heavy (non-hydrogen) atoms. The lowest BCUT2D eigenvalue weighted by Gasteiger charge is -2.47. The molecule has 7 heteroatoms. The van der Waals surface area contributed by atoms with E-state index in [1.807, 2.05) is 6.07 Å². The van der Waals surface area contributed by atoms with E-state index in [1.54, 1.807) is 6.07 Å². The van der Waals surface area contributed by atoms with Crippen LogP contribution < -0.4 is 5.32 Å². The highest BCUT2D eigenvalue weighted by atomic mass is 19.1. The molecule has 0 aliphatic carbocycles. The molecule has 1 aliphatic rings. The molecule has 1 fully saturated rings. The van der Waals surface area contributed by atoms with Crippen LogP contribution in [0.4, 0.5) is 4.39 Å². The van der Waals surface area contributed by atoms with Crippen molar-refractivity contribution in [3.8, 4) is 17.0 Å². The monoisotopic (exact) mass is 425 g/mol. The predicted octanol–water partition coefficient (Wildman–Crippen LogP) is 4.24. The first kappa shape index (κ1) is 21.7. The summed E-state index contributed by atoms with van der Waals surface area (Å²) >= 11 is 0. The Labute approximate surface area is 182 Å². The number of aryl methyl sites for hydroxylation is 1. The molecule has 0 spiro atoms. The zero-order chi connectivity index (χ0) is 22.3. The van der Waals surface area contributed by atoms with E-state index in [9.17, 15) is 9.50 Å². The predicted molar refractivity (Wildman–Crippen MR) is 121 cm³/mol. The van der Waals surface area contributed by atoms with Crippen molar-refractivity contribution in [2.75, 3.05) is 13.1 Å². The number of nitrogens with one attached hydrogen (secondary N) is 2. The molecule has 3 N–H and O–H groups in total. The summed E-state index contributed by atoms with van der Waals surface area (Å²) in [5, 5.41) is 21.8. The Balaban J connectivity index is 1.80. The lowest BCUT2D eigenvalue weighted by Crippen LogP contribution is -2.62. The minimum Gasteiger partial charge on any atom is -0.508 e. The number of benzene rings is 1.